The molecule has 0 bridgehead atoms. The van der Waals surface area contributed by atoms with E-state index in [0.717, 1.165) is 11.4 Å². The molecule has 0 unspecified atom stereocenters. The first-order chi connectivity index (χ1) is 10.5. The second-order valence-corrected chi connectivity index (χ2v) is 5.75. The summed E-state index contributed by atoms with van der Waals surface area (Å²) in [5.74, 6) is -0.316. The Balaban J connectivity index is 2.08. The first-order valence-corrected chi connectivity index (χ1v) is 7.96. The Morgan fingerprint density at radius 3 is 2.55 bits per heavy atom. The van der Waals surface area contributed by atoms with E-state index in [0.29, 0.717) is 11.6 Å². The van der Waals surface area contributed by atoms with Gasteiger partial charge in [-0.25, -0.2) is 10.2 Å². The molecule has 0 aromatic carbocycles. The maximum atomic E-state index is 12.2. The molecule has 1 saturated carbocycles. The largest absolute Gasteiger partial charge is 0.449 e. The van der Waals surface area contributed by atoms with Gasteiger partial charge in [-0.05, 0) is 39.7 Å². The predicted octanol–water partition coefficient (Wildman–Crippen LogP) is 3.00. The number of ether oxygens (including phenoxy) is 1. The van der Waals surface area contributed by atoms with Crippen LogP contribution in [0.25, 0.3) is 0 Å². The van der Waals surface area contributed by atoms with Crippen LogP contribution in [0.15, 0.2) is 6.07 Å². The number of aromatic nitrogens is 1. The van der Waals surface area contributed by atoms with Gasteiger partial charge in [-0.3, -0.25) is 10.2 Å². The second-order valence-electron chi connectivity index (χ2n) is 5.75. The van der Waals surface area contributed by atoms with E-state index in [4.69, 9.17) is 4.74 Å². The monoisotopic (exact) mass is 307 g/mol. The quantitative estimate of drug-likeness (QED) is 0.843. The highest BCUT2D eigenvalue weighted by Crippen LogP contribution is 2.32. The van der Waals surface area contributed by atoms with Crippen molar-refractivity contribution in [2.75, 3.05) is 6.61 Å². The molecule has 1 heterocycles. The number of hydrazine groups is 1. The first-order valence-electron chi connectivity index (χ1n) is 7.96. The maximum Gasteiger partial charge on any atom is 0.426 e. The van der Waals surface area contributed by atoms with Crippen molar-refractivity contribution < 1.29 is 14.3 Å². The molecule has 1 aromatic heterocycles. The lowest BCUT2D eigenvalue weighted by Gasteiger charge is -2.26. The topological polar surface area (TPSA) is 72.4 Å². The van der Waals surface area contributed by atoms with Gasteiger partial charge in [0.25, 0.3) is 5.91 Å². The number of amides is 2. The van der Waals surface area contributed by atoms with Crippen molar-refractivity contribution >= 4 is 12.0 Å². The molecule has 0 aliphatic heterocycles. The van der Waals surface area contributed by atoms with Gasteiger partial charge in [0.1, 0.15) is 0 Å². The van der Waals surface area contributed by atoms with Crippen LogP contribution in [0.5, 0.6) is 0 Å². The maximum absolute atomic E-state index is 12.2. The van der Waals surface area contributed by atoms with Gasteiger partial charge in [0.05, 0.1) is 12.2 Å². The van der Waals surface area contributed by atoms with E-state index >= 15 is 0 Å². The predicted molar refractivity (Wildman–Crippen MR) is 83.7 cm³/mol. The summed E-state index contributed by atoms with van der Waals surface area (Å²) in [6.45, 7) is 5.95. The molecule has 1 aromatic rings. The lowest BCUT2D eigenvalue weighted by molar-refractivity contribution is 0.0912. The lowest BCUT2D eigenvalue weighted by atomic mass is 9.95. The lowest BCUT2D eigenvalue weighted by Crippen LogP contribution is -2.42. The summed E-state index contributed by atoms with van der Waals surface area (Å²) in [6.07, 6.45) is 5.46. The minimum Gasteiger partial charge on any atom is -0.449 e. The Morgan fingerprint density at radius 2 is 1.91 bits per heavy atom. The van der Waals surface area contributed by atoms with Gasteiger partial charge in [-0.1, -0.05) is 19.3 Å². The molecule has 2 rings (SSSR count). The minimum atomic E-state index is -0.656. The van der Waals surface area contributed by atoms with Gasteiger partial charge >= 0.3 is 6.09 Å². The van der Waals surface area contributed by atoms with Gasteiger partial charge in [0, 0.05) is 17.4 Å². The summed E-state index contributed by atoms with van der Waals surface area (Å²) in [7, 11) is 0. The fourth-order valence-corrected chi connectivity index (χ4v) is 3.25. The van der Waals surface area contributed by atoms with E-state index in [-0.39, 0.29) is 12.5 Å². The third kappa shape index (κ3) is 3.61. The van der Waals surface area contributed by atoms with Crippen molar-refractivity contribution in [2.45, 2.75) is 58.9 Å². The number of nitrogens with one attached hydrogen (secondary N) is 2. The zero-order valence-corrected chi connectivity index (χ0v) is 13.6. The van der Waals surface area contributed by atoms with Crippen molar-refractivity contribution in [3.63, 3.8) is 0 Å². The normalized spacial score (nSPS) is 15.4. The van der Waals surface area contributed by atoms with E-state index in [1.165, 1.54) is 32.1 Å². The Morgan fingerprint density at radius 1 is 1.23 bits per heavy atom. The Labute approximate surface area is 131 Å². The average Bonchev–Trinajstić information content (AvgIpc) is 2.81. The Kier molecular flexibility index (Phi) is 5.46. The third-order valence-corrected chi connectivity index (χ3v) is 4.22. The van der Waals surface area contributed by atoms with Crippen LogP contribution >= 0.6 is 0 Å². The molecule has 6 heteroatoms. The number of carbonyl (C=O) groups excluding carboxylic acids is 2. The van der Waals surface area contributed by atoms with E-state index in [1.807, 2.05) is 19.9 Å². The van der Waals surface area contributed by atoms with E-state index in [2.05, 4.69) is 15.4 Å². The summed E-state index contributed by atoms with van der Waals surface area (Å²) in [6, 6.07) is 2.36. The summed E-state index contributed by atoms with van der Waals surface area (Å²) < 4.78 is 6.97. The highest BCUT2D eigenvalue weighted by atomic mass is 16.5. The van der Waals surface area contributed by atoms with Gasteiger partial charge < -0.3 is 9.30 Å². The molecular weight excluding hydrogens is 282 g/mol. The van der Waals surface area contributed by atoms with Crippen molar-refractivity contribution in [3.8, 4) is 0 Å². The van der Waals surface area contributed by atoms with Crippen molar-refractivity contribution in [1.29, 1.82) is 0 Å². The summed E-state index contributed by atoms with van der Waals surface area (Å²) in [5.41, 5.74) is 7.28. The van der Waals surface area contributed by atoms with Crippen LogP contribution in [0.2, 0.25) is 0 Å². The Hall–Kier alpha value is -1.98. The fourth-order valence-electron chi connectivity index (χ4n) is 3.25. The molecule has 1 aliphatic rings. The van der Waals surface area contributed by atoms with Crippen LogP contribution < -0.4 is 10.9 Å². The molecule has 2 N–H and O–H groups in total. The molecule has 0 atom stereocenters. The number of hydrogen-bond donors (Lipinski definition) is 2. The molecule has 0 saturated heterocycles. The molecule has 22 heavy (non-hydrogen) atoms. The summed E-state index contributed by atoms with van der Waals surface area (Å²) >= 11 is 0. The standard InChI is InChI=1S/C16H25N3O3/c1-4-22-16(21)18-17-15(20)14-10-11(2)19(12(14)3)13-8-6-5-7-9-13/h10,13H,4-9H2,1-3H3,(H,17,20)(H,18,21). The molecule has 0 spiro atoms. The smallest absolute Gasteiger partial charge is 0.426 e. The van der Waals surface area contributed by atoms with Crippen LogP contribution in [-0.2, 0) is 4.74 Å². The van der Waals surface area contributed by atoms with E-state index in [9.17, 15) is 9.59 Å². The van der Waals surface area contributed by atoms with Gasteiger partial charge in [-0.15, -0.1) is 0 Å². The highest BCUT2D eigenvalue weighted by Gasteiger charge is 2.22. The Bertz CT molecular complexity index is 545. The number of nitrogens with zero attached hydrogens (tertiary/aromatic N) is 1. The van der Waals surface area contributed by atoms with Crippen LogP contribution in [0, 0.1) is 13.8 Å². The zero-order chi connectivity index (χ0) is 16.1. The van der Waals surface area contributed by atoms with E-state index in [1.54, 1.807) is 6.92 Å². The molecule has 1 aliphatic carbocycles. The van der Waals surface area contributed by atoms with Crippen LogP contribution in [0.4, 0.5) is 4.79 Å². The van der Waals surface area contributed by atoms with Crippen LogP contribution in [-0.4, -0.2) is 23.2 Å². The van der Waals surface area contributed by atoms with Gasteiger partial charge in [0.15, 0.2) is 0 Å². The van der Waals surface area contributed by atoms with Crippen LogP contribution in [0.1, 0.15) is 66.8 Å². The van der Waals surface area contributed by atoms with Crippen molar-refractivity contribution in [2.24, 2.45) is 0 Å². The number of rotatable bonds is 3. The summed E-state index contributed by atoms with van der Waals surface area (Å²) in [4.78, 5) is 23.5. The number of carbonyl (C=O) groups is 2. The molecule has 6 nitrogen and oxygen atoms in total. The van der Waals surface area contributed by atoms with Crippen LogP contribution in [0.3, 0.4) is 0 Å². The van der Waals surface area contributed by atoms with Gasteiger partial charge in [-0.2, -0.15) is 0 Å². The second kappa shape index (κ2) is 7.33. The third-order valence-electron chi connectivity index (χ3n) is 4.22. The minimum absolute atomic E-state index is 0.262. The van der Waals surface area contributed by atoms with E-state index < -0.39 is 6.09 Å². The summed E-state index contributed by atoms with van der Waals surface area (Å²) in [5, 5.41) is 0. The molecule has 0 radical (unpaired) electrons. The number of hydrogen-bond acceptors (Lipinski definition) is 3. The molecule has 122 valence electrons. The molecule has 1 fully saturated rings. The van der Waals surface area contributed by atoms with Crippen molar-refractivity contribution in [3.05, 3.63) is 23.0 Å². The van der Waals surface area contributed by atoms with Gasteiger partial charge in [0.2, 0.25) is 0 Å². The number of aryl methyl sites for hydroxylation is 1. The first kappa shape index (κ1) is 16.4. The van der Waals surface area contributed by atoms with Crippen molar-refractivity contribution in [1.82, 2.24) is 15.4 Å². The fraction of sp³-hybridized carbons (Fsp3) is 0.625. The zero-order valence-electron chi connectivity index (χ0n) is 13.6. The molecule has 2 amide bonds. The molecular formula is C16H25N3O3. The average molecular weight is 307 g/mol. The SMILES string of the molecule is CCOC(=O)NNC(=O)c1cc(C)n(C2CCCCC2)c1C. The highest BCUT2D eigenvalue weighted by molar-refractivity contribution is 5.96.